The Balaban J connectivity index is 1.79. The Hall–Kier alpha value is -1.06. The molecule has 0 amide bonds. The highest BCUT2D eigenvalue weighted by atomic mass is 16.5. The Labute approximate surface area is 109 Å². The molecule has 0 fully saturated rings. The van der Waals surface area contributed by atoms with E-state index in [1.54, 1.807) is 7.11 Å². The summed E-state index contributed by atoms with van der Waals surface area (Å²) in [5, 5.41) is 3.48. The molecule has 100 valence electrons. The molecule has 1 aliphatic carbocycles. The fourth-order valence-electron chi connectivity index (χ4n) is 2.45. The van der Waals surface area contributed by atoms with Crippen molar-refractivity contribution in [2.75, 3.05) is 38.8 Å². The molecule has 2 rings (SSSR count). The highest BCUT2D eigenvalue weighted by Crippen LogP contribution is 2.27. The molecule has 1 aromatic carbocycles. The van der Waals surface area contributed by atoms with Gasteiger partial charge in [0.05, 0.1) is 19.8 Å². The van der Waals surface area contributed by atoms with Crippen molar-refractivity contribution in [3.63, 3.8) is 0 Å². The summed E-state index contributed by atoms with van der Waals surface area (Å²) in [5.41, 5.74) is 4.33. The average molecular weight is 249 g/mol. The summed E-state index contributed by atoms with van der Waals surface area (Å²) in [6.45, 7) is 2.93. The first kappa shape index (κ1) is 13.4. The van der Waals surface area contributed by atoms with E-state index in [1.165, 1.54) is 42.5 Å². The number of fused-ring (bicyclic) bond motifs is 1. The SMILES string of the molecule is COCCOCCNc1cccc2c1CCCC2. The highest BCUT2D eigenvalue weighted by Gasteiger charge is 2.12. The molecule has 0 bridgehead atoms. The zero-order valence-corrected chi connectivity index (χ0v) is 11.2. The standard InChI is InChI=1S/C15H23NO2/c1-17-11-12-18-10-9-16-15-8-4-6-13-5-2-3-7-14(13)15/h4,6,8,16H,2-3,5,7,9-12H2,1H3. The number of hydrogen-bond donors (Lipinski definition) is 1. The molecule has 0 aromatic heterocycles. The summed E-state index contributed by atoms with van der Waals surface area (Å²) < 4.78 is 10.4. The topological polar surface area (TPSA) is 30.5 Å². The van der Waals surface area contributed by atoms with Crippen molar-refractivity contribution < 1.29 is 9.47 Å². The minimum Gasteiger partial charge on any atom is -0.382 e. The number of hydrogen-bond acceptors (Lipinski definition) is 3. The van der Waals surface area contributed by atoms with Crippen LogP contribution in [0.4, 0.5) is 5.69 Å². The smallest absolute Gasteiger partial charge is 0.0701 e. The first-order valence-corrected chi connectivity index (χ1v) is 6.83. The number of rotatable bonds is 7. The van der Waals surface area contributed by atoms with E-state index in [9.17, 15) is 0 Å². The fraction of sp³-hybridized carbons (Fsp3) is 0.600. The minimum atomic E-state index is 0.667. The minimum absolute atomic E-state index is 0.667. The molecule has 3 nitrogen and oxygen atoms in total. The van der Waals surface area contributed by atoms with Crippen LogP contribution in [-0.4, -0.2) is 33.5 Å². The number of methoxy groups -OCH3 is 1. The van der Waals surface area contributed by atoms with Gasteiger partial charge in [-0.3, -0.25) is 0 Å². The first-order valence-electron chi connectivity index (χ1n) is 6.83. The van der Waals surface area contributed by atoms with Crippen LogP contribution < -0.4 is 5.32 Å². The molecule has 18 heavy (non-hydrogen) atoms. The number of nitrogens with one attached hydrogen (secondary N) is 1. The van der Waals surface area contributed by atoms with E-state index < -0.39 is 0 Å². The zero-order chi connectivity index (χ0) is 12.6. The number of anilines is 1. The number of ether oxygens (including phenoxy) is 2. The van der Waals surface area contributed by atoms with E-state index >= 15 is 0 Å². The van der Waals surface area contributed by atoms with Crippen LogP contribution in [-0.2, 0) is 22.3 Å². The van der Waals surface area contributed by atoms with Gasteiger partial charge in [-0.15, -0.1) is 0 Å². The maximum atomic E-state index is 5.45. The highest BCUT2D eigenvalue weighted by molar-refractivity contribution is 5.55. The Morgan fingerprint density at radius 2 is 2.00 bits per heavy atom. The molecule has 0 saturated carbocycles. The van der Waals surface area contributed by atoms with Gasteiger partial charge in [0.2, 0.25) is 0 Å². The van der Waals surface area contributed by atoms with Gasteiger partial charge in [-0.2, -0.15) is 0 Å². The van der Waals surface area contributed by atoms with Gasteiger partial charge in [0, 0.05) is 19.3 Å². The van der Waals surface area contributed by atoms with Crippen LogP contribution in [0, 0.1) is 0 Å². The third-order valence-corrected chi connectivity index (χ3v) is 3.39. The number of benzene rings is 1. The summed E-state index contributed by atoms with van der Waals surface area (Å²) in [6, 6.07) is 6.59. The maximum Gasteiger partial charge on any atom is 0.0701 e. The molecule has 0 saturated heterocycles. The van der Waals surface area contributed by atoms with E-state index in [2.05, 4.69) is 23.5 Å². The van der Waals surface area contributed by atoms with Gasteiger partial charge in [-0.05, 0) is 42.9 Å². The van der Waals surface area contributed by atoms with Gasteiger partial charge in [-0.1, -0.05) is 12.1 Å². The lowest BCUT2D eigenvalue weighted by Gasteiger charge is -2.20. The van der Waals surface area contributed by atoms with Crippen molar-refractivity contribution in [1.82, 2.24) is 0 Å². The van der Waals surface area contributed by atoms with E-state index in [-0.39, 0.29) is 0 Å². The van der Waals surface area contributed by atoms with Crippen LogP contribution in [0.5, 0.6) is 0 Å². The molecule has 1 aliphatic rings. The predicted octanol–water partition coefficient (Wildman–Crippen LogP) is 2.64. The van der Waals surface area contributed by atoms with Crippen LogP contribution in [0.15, 0.2) is 18.2 Å². The van der Waals surface area contributed by atoms with Gasteiger partial charge in [0.25, 0.3) is 0 Å². The summed E-state index contributed by atoms with van der Waals surface area (Å²) in [6.07, 6.45) is 5.09. The quantitative estimate of drug-likeness (QED) is 0.754. The molecule has 0 unspecified atom stereocenters. The molecule has 0 aliphatic heterocycles. The first-order chi connectivity index (χ1) is 8.92. The van der Waals surface area contributed by atoms with E-state index in [0.717, 1.165) is 13.2 Å². The van der Waals surface area contributed by atoms with Crippen LogP contribution in [0.3, 0.4) is 0 Å². The molecule has 0 radical (unpaired) electrons. The second kappa shape index (κ2) is 7.39. The molecule has 1 N–H and O–H groups in total. The molecule has 0 atom stereocenters. The Kier molecular flexibility index (Phi) is 5.49. The van der Waals surface area contributed by atoms with Gasteiger partial charge in [0.1, 0.15) is 0 Å². The van der Waals surface area contributed by atoms with Gasteiger partial charge >= 0.3 is 0 Å². The Morgan fingerprint density at radius 3 is 2.89 bits per heavy atom. The predicted molar refractivity (Wildman–Crippen MR) is 74.3 cm³/mol. The Bertz CT molecular complexity index is 366. The molecular formula is C15H23NO2. The van der Waals surface area contributed by atoms with Crippen molar-refractivity contribution in [1.29, 1.82) is 0 Å². The summed E-state index contributed by atoms with van der Waals surface area (Å²) in [4.78, 5) is 0. The summed E-state index contributed by atoms with van der Waals surface area (Å²) >= 11 is 0. The van der Waals surface area contributed by atoms with Crippen molar-refractivity contribution in [2.24, 2.45) is 0 Å². The largest absolute Gasteiger partial charge is 0.382 e. The second-order valence-corrected chi connectivity index (χ2v) is 4.68. The van der Waals surface area contributed by atoms with E-state index in [4.69, 9.17) is 9.47 Å². The fourth-order valence-corrected chi connectivity index (χ4v) is 2.45. The molecule has 3 heteroatoms. The van der Waals surface area contributed by atoms with Crippen molar-refractivity contribution in [3.8, 4) is 0 Å². The zero-order valence-electron chi connectivity index (χ0n) is 11.2. The summed E-state index contributed by atoms with van der Waals surface area (Å²) in [7, 11) is 1.69. The lowest BCUT2D eigenvalue weighted by Crippen LogP contribution is -2.14. The van der Waals surface area contributed by atoms with Crippen LogP contribution in [0.2, 0.25) is 0 Å². The lowest BCUT2D eigenvalue weighted by molar-refractivity contribution is 0.0759. The molecular weight excluding hydrogens is 226 g/mol. The van der Waals surface area contributed by atoms with Crippen molar-refractivity contribution in [3.05, 3.63) is 29.3 Å². The third kappa shape index (κ3) is 3.72. The van der Waals surface area contributed by atoms with E-state index in [1.807, 2.05) is 0 Å². The maximum absolute atomic E-state index is 5.45. The van der Waals surface area contributed by atoms with Crippen LogP contribution in [0.25, 0.3) is 0 Å². The van der Waals surface area contributed by atoms with Crippen LogP contribution >= 0.6 is 0 Å². The van der Waals surface area contributed by atoms with Gasteiger partial charge in [0.15, 0.2) is 0 Å². The molecule has 0 spiro atoms. The Morgan fingerprint density at radius 1 is 1.11 bits per heavy atom. The van der Waals surface area contributed by atoms with Crippen molar-refractivity contribution in [2.45, 2.75) is 25.7 Å². The van der Waals surface area contributed by atoms with Gasteiger partial charge in [-0.25, -0.2) is 0 Å². The number of aryl methyl sites for hydroxylation is 1. The third-order valence-electron chi connectivity index (χ3n) is 3.39. The normalized spacial score (nSPS) is 14.3. The average Bonchev–Trinajstić information content (AvgIpc) is 2.43. The monoisotopic (exact) mass is 249 g/mol. The molecule has 1 aromatic rings. The van der Waals surface area contributed by atoms with Crippen molar-refractivity contribution >= 4 is 5.69 Å². The molecule has 0 heterocycles. The van der Waals surface area contributed by atoms with Gasteiger partial charge < -0.3 is 14.8 Å². The second-order valence-electron chi connectivity index (χ2n) is 4.68. The van der Waals surface area contributed by atoms with Crippen LogP contribution in [0.1, 0.15) is 24.0 Å². The van der Waals surface area contributed by atoms with E-state index in [0.29, 0.717) is 13.2 Å². The lowest BCUT2D eigenvalue weighted by atomic mass is 9.90. The summed E-state index contributed by atoms with van der Waals surface area (Å²) in [5.74, 6) is 0.